The number of likely N-dealkylation sites (tertiary alicyclic amines) is 1. The van der Waals surface area contributed by atoms with Crippen molar-refractivity contribution >= 4 is 0 Å². The zero-order chi connectivity index (χ0) is 12.3. The molecule has 0 amide bonds. The molecule has 0 bridgehead atoms. The molecule has 1 N–H and O–H groups in total. The third kappa shape index (κ3) is 3.23. The Kier molecular flexibility index (Phi) is 4.87. The zero-order valence-corrected chi connectivity index (χ0v) is 11.9. The molecular weight excluding hydrogens is 208 g/mol. The van der Waals surface area contributed by atoms with E-state index in [1.54, 1.807) is 0 Å². The van der Waals surface area contributed by atoms with Gasteiger partial charge < -0.3 is 5.32 Å². The van der Waals surface area contributed by atoms with Crippen LogP contribution < -0.4 is 5.32 Å². The second-order valence-electron chi connectivity index (χ2n) is 6.39. The highest BCUT2D eigenvalue weighted by Gasteiger charge is 2.34. The van der Waals surface area contributed by atoms with Gasteiger partial charge in [0.1, 0.15) is 0 Å². The van der Waals surface area contributed by atoms with Gasteiger partial charge in [-0.3, -0.25) is 4.90 Å². The number of hydrogen-bond donors (Lipinski definition) is 1. The lowest BCUT2D eigenvalue weighted by Crippen LogP contribution is -2.52. The van der Waals surface area contributed by atoms with Crippen molar-refractivity contribution in [1.82, 2.24) is 10.2 Å². The Morgan fingerprint density at radius 2 is 1.82 bits per heavy atom. The molecule has 3 atom stereocenters. The van der Waals surface area contributed by atoms with Crippen molar-refractivity contribution in [3.8, 4) is 0 Å². The highest BCUT2D eigenvalue weighted by Crippen LogP contribution is 2.35. The van der Waals surface area contributed by atoms with Gasteiger partial charge in [0.2, 0.25) is 0 Å². The van der Waals surface area contributed by atoms with Crippen LogP contribution in [0.5, 0.6) is 0 Å². The van der Waals surface area contributed by atoms with Crippen molar-refractivity contribution in [2.24, 2.45) is 11.8 Å². The monoisotopic (exact) mass is 238 g/mol. The van der Waals surface area contributed by atoms with Crippen LogP contribution in [0.25, 0.3) is 0 Å². The lowest BCUT2D eigenvalue weighted by atomic mass is 9.78. The number of piperidine rings is 1. The van der Waals surface area contributed by atoms with E-state index in [1.165, 1.54) is 51.6 Å². The molecule has 3 unspecified atom stereocenters. The van der Waals surface area contributed by atoms with Gasteiger partial charge in [-0.05, 0) is 51.1 Å². The molecule has 2 nitrogen and oxygen atoms in total. The Morgan fingerprint density at radius 3 is 2.53 bits per heavy atom. The second kappa shape index (κ2) is 6.19. The molecule has 2 aliphatic rings. The molecule has 17 heavy (non-hydrogen) atoms. The average Bonchev–Trinajstić information content (AvgIpc) is 2.35. The van der Waals surface area contributed by atoms with Crippen molar-refractivity contribution in [3.63, 3.8) is 0 Å². The molecule has 2 heteroatoms. The van der Waals surface area contributed by atoms with Crippen molar-refractivity contribution in [2.75, 3.05) is 20.1 Å². The summed E-state index contributed by atoms with van der Waals surface area (Å²) in [7, 11) is 2.12. The number of likely N-dealkylation sites (N-methyl/N-ethyl adjacent to an activating group) is 1. The first-order valence-corrected chi connectivity index (χ1v) is 7.63. The predicted molar refractivity (Wildman–Crippen MR) is 74.2 cm³/mol. The van der Waals surface area contributed by atoms with Gasteiger partial charge in [0, 0.05) is 18.6 Å². The molecule has 2 rings (SSSR count). The summed E-state index contributed by atoms with van der Waals surface area (Å²) >= 11 is 0. The number of hydrogen-bond acceptors (Lipinski definition) is 2. The molecule has 100 valence electrons. The van der Waals surface area contributed by atoms with E-state index in [-0.39, 0.29) is 0 Å². The maximum absolute atomic E-state index is 3.50. The van der Waals surface area contributed by atoms with Crippen LogP contribution >= 0.6 is 0 Å². The van der Waals surface area contributed by atoms with Gasteiger partial charge in [-0.25, -0.2) is 0 Å². The predicted octanol–water partition coefficient (Wildman–Crippen LogP) is 2.89. The third-order valence-electron chi connectivity index (χ3n) is 4.96. The Labute approximate surface area is 107 Å². The van der Waals surface area contributed by atoms with E-state index in [9.17, 15) is 0 Å². The summed E-state index contributed by atoms with van der Waals surface area (Å²) in [5.74, 6) is 1.76. The van der Waals surface area contributed by atoms with E-state index in [1.807, 2.05) is 0 Å². The van der Waals surface area contributed by atoms with E-state index >= 15 is 0 Å². The summed E-state index contributed by atoms with van der Waals surface area (Å²) in [5, 5.41) is 3.50. The van der Waals surface area contributed by atoms with E-state index in [0.29, 0.717) is 6.04 Å². The van der Waals surface area contributed by atoms with Crippen LogP contribution in [0.15, 0.2) is 0 Å². The van der Waals surface area contributed by atoms with Gasteiger partial charge in [-0.15, -0.1) is 0 Å². The number of nitrogens with one attached hydrogen (secondary N) is 1. The minimum absolute atomic E-state index is 0.663. The van der Waals surface area contributed by atoms with Crippen molar-refractivity contribution in [3.05, 3.63) is 0 Å². The maximum Gasteiger partial charge on any atom is 0.0215 e. The Bertz CT molecular complexity index is 225. The van der Waals surface area contributed by atoms with Crippen molar-refractivity contribution in [2.45, 2.75) is 64.5 Å². The highest BCUT2D eigenvalue weighted by molar-refractivity contribution is 4.89. The number of nitrogens with zero attached hydrogens (tertiary/aromatic N) is 1. The second-order valence-corrected chi connectivity index (χ2v) is 6.39. The molecule has 1 heterocycles. The minimum atomic E-state index is 0.663. The molecule has 1 aliphatic heterocycles. The fourth-order valence-electron chi connectivity index (χ4n) is 3.84. The van der Waals surface area contributed by atoms with Gasteiger partial charge >= 0.3 is 0 Å². The molecule has 1 saturated heterocycles. The van der Waals surface area contributed by atoms with Gasteiger partial charge in [0.25, 0.3) is 0 Å². The van der Waals surface area contributed by atoms with Gasteiger partial charge in [-0.2, -0.15) is 0 Å². The van der Waals surface area contributed by atoms with Gasteiger partial charge in [0.05, 0.1) is 0 Å². The fraction of sp³-hybridized carbons (Fsp3) is 1.00. The SMILES string of the molecule is CNC(CN1CCCC2CCCCC21)C(C)C. The summed E-state index contributed by atoms with van der Waals surface area (Å²) in [6.45, 7) is 7.27. The van der Waals surface area contributed by atoms with Gasteiger partial charge in [-0.1, -0.05) is 26.7 Å². The van der Waals surface area contributed by atoms with Crippen LogP contribution in [0, 0.1) is 11.8 Å². The zero-order valence-electron chi connectivity index (χ0n) is 11.9. The molecule has 0 radical (unpaired) electrons. The summed E-state index contributed by atoms with van der Waals surface area (Å²) in [4.78, 5) is 2.80. The van der Waals surface area contributed by atoms with Crippen LogP contribution in [-0.4, -0.2) is 37.1 Å². The first-order valence-electron chi connectivity index (χ1n) is 7.63. The molecule has 1 saturated carbocycles. The minimum Gasteiger partial charge on any atom is -0.315 e. The fourth-order valence-corrected chi connectivity index (χ4v) is 3.84. The van der Waals surface area contributed by atoms with E-state index in [0.717, 1.165) is 17.9 Å². The molecule has 0 spiro atoms. The van der Waals surface area contributed by atoms with Crippen LogP contribution in [0.3, 0.4) is 0 Å². The lowest BCUT2D eigenvalue weighted by molar-refractivity contribution is 0.0492. The quantitative estimate of drug-likeness (QED) is 0.810. The maximum atomic E-state index is 3.50. The van der Waals surface area contributed by atoms with Crippen molar-refractivity contribution < 1.29 is 0 Å². The molecule has 0 aromatic rings. The average molecular weight is 238 g/mol. The third-order valence-corrected chi connectivity index (χ3v) is 4.96. The standard InChI is InChI=1S/C15H30N2/c1-12(2)14(16-3)11-17-10-6-8-13-7-4-5-9-15(13)17/h12-16H,4-11H2,1-3H3. The summed E-state index contributed by atoms with van der Waals surface area (Å²) < 4.78 is 0. The van der Waals surface area contributed by atoms with Crippen LogP contribution in [0.1, 0.15) is 52.4 Å². The Balaban J connectivity index is 1.94. The van der Waals surface area contributed by atoms with E-state index < -0.39 is 0 Å². The largest absolute Gasteiger partial charge is 0.315 e. The Hall–Kier alpha value is -0.0800. The summed E-state index contributed by atoms with van der Waals surface area (Å²) in [6, 6.07) is 1.57. The first-order chi connectivity index (χ1) is 8.22. The number of fused-ring (bicyclic) bond motifs is 1. The van der Waals surface area contributed by atoms with Crippen molar-refractivity contribution in [1.29, 1.82) is 0 Å². The van der Waals surface area contributed by atoms with Gasteiger partial charge in [0.15, 0.2) is 0 Å². The topological polar surface area (TPSA) is 15.3 Å². The number of rotatable bonds is 4. The van der Waals surface area contributed by atoms with Crippen LogP contribution in [0.4, 0.5) is 0 Å². The molecule has 0 aromatic heterocycles. The molecule has 1 aliphatic carbocycles. The molecular formula is C15H30N2. The van der Waals surface area contributed by atoms with E-state index in [2.05, 4.69) is 31.1 Å². The normalized spacial score (nSPS) is 32.5. The van der Waals surface area contributed by atoms with Crippen LogP contribution in [-0.2, 0) is 0 Å². The smallest absolute Gasteiger partial charge is 0.0215 e. The highest BCUT2D eigenvalue weighted by atomic mass is 15.2. The molecule has 0 aromatic carbocycles. The van der Waals surface area contributed by atoms with E-state index in [4.69, 9.17) is 0 Å². The summed E-state index contributed by atoms with van der Waals surface area (Å²) in [5.41, 5.74) is 0. The summed E-state index contributed by atoms with van der Waals surface area (Å²) in [6.07, 6.45) is 8.81. The Morgan fingerprint density at radius 1 is 1.12 bits per heavy atom. The first kappa shape index (κ1) is 13.4. The lowest BCUT2D eigenvalue weighted by Gasteiger charge is -2.45. The molecule has 2 fully saturated rings. The van der Waals surface area contributed by atoms with Crippen LogP contribution in [0.2, 0.25) is 0 Å².